The van der Waals surface area contributed by atoms with Crippen LogP contribution in [0.25, 0.3) is 0 Å². The van der Waals surface area contributed by atoms with Crippen molar-refractivity contribution in [1.29, 1.82) is 0 Å². The minimum atomic E-state index is -0.521. The number of amides is 1. The Bertz CT molecular complexity index is 719. The summed E-state index contributed by atoms with van der Waals surface area (Å²) < 4.78 is 19.6. The molecule has 2 unspecified atom stereocenters. The number of aromatic nitrogens is 1. The number of hydrogen-bond acceptors (Lipinski definition) is 4. The first-order chi connectivity index (χ1) is 11.6. The minimum absolute atomic E-state index is 0. The molecule has 8 heteroatoms. The smallest absolute Gasteiger partial charge is 0.227 e. The molecular weight excluding hydrogens is 380 g/mol. The van der Waals surface area contributed by atoms with Crippen LogP contribution in [0.5, 0.6) is 5.75 Å². The number of nitrogens with one attached hydrogen (secondary N) is 1. The highest BCUT2D eigenvalue weighted by Gasteiger charge is 2.27. The zero-order valence-corrected chi connectivity index (χ0v) is 15.7. The maximum atomic E-state index is 14.1. The van der Waals surface area contributed by atoms with Crippen LogP contribution >= 0.6 is 24.8 Å². The number of hydrogen-bond donors (Lipinski definition) is 2. The molecule has 0 radical (unpaired) electrons. The molecule has 2 atom stereocenters. The van der Waals surface area contributed by atoms with Crippen LogP contribution in [0, 0.1) is 11.7 Å². The van der Waals surface area contributed by atoms with Gasteiger partial charge in [0.1, 0.15) is 6.61 Å². The van der Waals surface area contributed by atoms with E-state index in [-0.39, 0.29) is 55.0 Å². The second-order valence-corrected chi connectivity index (χ2v) is 6.01. The molecule has 1 aromatic heterocycles. The van der Waals surface area contributed by atoms with E-state index in [4.69, 9.17) is 10.5 Å². The van der Waals surface area contributed by atoms with Gasteiger partial charge in [-0.3, -0.25) is 9.78 Å². The largest absolute Gasteiger partial charge is 0.484 e. The van der Waals surface area contributed by atoms with Gasteiger partial charge in [0.2, 0.25) is 5.91 Å². The highest BCUT2D eigenvalue weighted by molar-refractivity contribution is 5.92. The van der Waals surface area contributed by atoms with Crippen molar-refractivity contribution < 1.29 is 13.9 Å². The zero-order chi connectivity index (χ0) is 16.9. The van der Waals surface area contributed by atoms with Crippen molar-refractivity contribution in [2.45, 2.75) is 31.9 Å². The lowest BCUT2D eigenvalue weighted by atomic mass is 10.1. The van der Waals surface area contributed by atoms with E-state index >= 15 is 0 Å². The number of carbonyl (C=O) groups excluding carboxylic acids is 1. The normalized spacial score (nSPS) is 18.4. The molecule has 2 aromatic rings. The van der Waals surface area contributed by atoms with E-state index in [1.807, 2.05) is 6.07 Å². The summed E-state index contributed by atoms with van der Waals surface area (Å²) in [5.74, 6) is -0.596. The molecule has 1 saturated carbocycles. The fraction of sp³-hybridized carbons (Fsp3) is 0.333. The Balaban J connectivity index is 0.00000169. The number of nitrogens with zero attached hydrogens (tertiary/aromatic N) is 1. The molecule has 1 heterocycles. The van der Waals surface area contributed by atoms with Gasteiger partial charge in [-0.1, -0.05) is 6.07 Å². The highest BCUT2D eigenvalue weighted by atomic mass is 35.5. The van der Waals surface area contributed by atoms with Crippen LogP contribution < -0.4 is 15.8 Å². The van der Waals surface area contributed by atoms with Crippen molar-refractivity contribution in [3.8, 4) is 5.75 Å². The van der Waals surface area contributed by atoms with Crippen LogP contribution in [0.4, 0.5) is 10.1 Å². The van der Waals surface area contributed by atoms with Gasteiger partial charge in [-0.25, -0.2) is 4.39 Å². The Kier molecular flexibility index (Phi) is 8.78. The lowest BCUT2D eigenvalue weighted by molar-refractivity contribution is -0.119. The van der Waals surface area contributed by atoms with Gasteiger partial charge in [0.15, 0.2) is 11.6 Å². The molecule has 142 valence electrons. The van der Waals surface area contributed by atoms with Gasteiger partial charge in [-0.05, 0) is 43.5 Å². The molecule has 1 fully saturated rings. The summed E-state index contributed by atoms with van der Waals surface area (Å²) in [5.41, 5.74) is 6.95. The number of carbonyl (C=O) groups is 1. The van der Waals surface area contributed by atoms with E-state index in [9.17, 15) is 9.18 Å². The van der Waals surface area contributed by atoms with Gasteiger partial charge >= 0.3 is 0 Å². The highest BCUT2D eigenvalue weighted by Crippen LogP contribution is 2.27. The maximum absolute atomic E-state index is 14.1. The molecule has 1 aliphatic rings. The Morgan fingerprint density at radius 2 is 2.08 bits per heavy atom. The van der Waals surface area contributed by atoms with Crippen molar-refractivity contribution in [2.24, 2.45) is 11.7 Å². The monoisotopic (exact) mass is 401 g/mol. The Morgan fingerprint density at radius 1 is 1.27 bits per heavy atom. The molecule has 26 heavy (non-hydrogen) atoms. The van der Waals surface area contributed by atoms with Crippen molar-refractivity contribution in [1.82, 2.24) is 4.98 Å². The molecule has 0 aliphatic heterocycles. The average molecular weight is 402 g/mol. The first-order valence-electron chi connectivity index (χ1n) is 8.00. The summed E-state index contributed by atoms with van der Waals surface area (Å²) >= 11 is 0. The molecule has 5 nitrogen and oxygen atoms in total. The standard InChI is InChI=1S/C18H20FN3O2.2ClH/c19-16-10-14(22-18(23)12-4-5-13(20)9-12)6-7-17(16)24-11-15-3-1-2-8-21-15;;/h1-3,6-8,10,12-13H,4-5,9,11,20H2,(H,22,23);2*1H. The number of halogens is 3. The summed E-state index contributed by atoms with van der Waals surface area (Å²) in [5, 5.41) is 2.74. The lowest BCUT2D eigenvalue weighted by Gasteiger charge is -2.12. The Morgan fingerprint density at radius 3 is 2.69 bits per heavy atom. The first-order valence-corrected chi connectivity index (χ1v) is 8.00. The lowest BCUT2D eigenvalue weighted by Crippen LogP contribution is -2.23. The molecule has 0 bridgehead atoms. The van der Waals surface area contributed by atoms with Crippen LogP contribution in [0.3, 0.4) is 0 Å². The average Bonchev–Trinajstić information content (AvgIpc) is 3.02. The minimum Gasteiger partial charge on any atom is -0.484 e. The zero-order valence-electron chi connectivity index (χ0n) is 14.1. The van der Waals surface area contributed by atoms with Crippen molar-refractivity contribution in [3.05, 3.63) is 54.1 Å². The van der Waals surface area contributed by atoms with E-state index in [1.54, 1.807) is 24.4 Å². The van der Waals surface area contributed by atoms with E-state index in [1.165, 1.54) is 12.1 Å². The predicted molar refractivity (Wildman–Crippen MR) is 103 cm³/mol. The van der Waals surface area contributed by atoms with Crippen LogP contribution in [-0.2, 0) is 11.4 Å². The summed E-state index contributed by atoms with van der Waals surface area (Å²) in [6, 6.07) is 9.94. The van der Waals surface area contributed by atoms with E-state index in [0.717, 1.165) is 12.8 Å². The molecule has 1 aromatic carbocycles. The van der Waals surface area contributed by atoms with Gasteiger partial charge in [0.25, 0.3) is 0 Å². The van der Waals surface area contributed by atoms with Gasteiger partial charge in [-0.2, -0.15) is 0 Å². The predicted octanol–water partition coefficient (Wildman–Crippen LogP) is 3.71. The van der Waals surface area contributed by atoms with Crippen LogP contribution in [0.2, 0.25) is 0 Å². The second kappa shape index (κ2) is 10.3. The van der Waals surface area contributed by atoms with Crippen molar-refractivity contribution in [3.63, 3.8) is 0 Å². The van der Waals surface area contributed by atoms with E-state index in [0.29, 0.717) is 17.8 Å². The maximum Gasteiger partial charge on any atom is 0.227 e. The number of nitrogens with two attached hydrogens (primary N) is 1. The third-order valence-corrected chi connectivity index (χ3v) is 4.15. The second-order valence-electron chi connectivity index (χ2n) is 6.01. The van der Waals surface area contributed by atoms with Crippen LogP contribution in [-0.4, -0.2) is 16.9 Å². The number of benzene rings is 1. The number of anilines is 1. The molecule has 1 aliphatic carbocycles. The molecular formula is C18H22Cl2FN3O2. The molecule has 1 amide bonds. The molecule has 0 spiro atoms. The molecule has 0 saturated heterocycles. The van der Waals surface area contributed by atoms with Gasteiger partial charge < -0.3 is 15.8 Å². The molecule has 3 N–H and O–H groups in total. The van der Waals surface area contributed by atoms with Gasteiger partial charge in [0, 0.05) is 29.9 Å². The van der Waals surface area contributed by atoms with E-state index < -0.39 is 5.82 Å². The fourth-order valence-electron chi connectivity index (χ4n) is 2.83. The van der Waals surface area contributed by atoms with Crippen LogP contribution in [0.1, 0.15) is 25.0 Å². The third kappa shape index (κ3) is 5.83. The van der Waals surface area contributed by atoms with Crippen molar-refractivity contribution in [2.75, 3.05) is 5.32 Å². The topological polar surface area (TPSA) is 77.2 Å². The van der Waals surface area contributed by atoms with Gasteiger partial charge in [0.05, 0.1) is 5.69 Å². The Labute approximate surface area is 164 Å². The number of pyridine rings is 1. The van der Waals surface area contributed by atoms with Crippen molar-refractivity contribution >= 4 is 36.4 Å². The quantitative estimate of drug-likeness (QED) is 0.800. The summed E-state index contributed by atoms with van der Waals surface area (Å²) in [4.78, 5) is 16.3. The summed E-state index contributed by atoms with van der Waals surface area (Å²) in [6.07, 6.45) is 3.97. The summed E-state index contributed by atoms with van der Waals surface area (Å²) in [6.45, 7) is 0.184. The van der Waals surface area contributed by atoms with E-state index in [2.05, 4.69) is 10.3 Å². The van der Waals surface area contributed by atoms with Crippen LogP contribution in [0.15, 0.2) is 42.6 Å². The first kappa shape index (κ1) is 22.2. The molecule has 3 rings (SSSR count). The SMILES string of the molecule is Cl.Cl.NC1CCC(C(=O)Nc2ccc(OCc3ccccn3)c(F)c2)C1. The summed E-state index contributed by atoms with van der Waals surface area (Å²) in [7, 11) is 0. The number of ether oxygens (including phenoxy) is 1. The number of rotatable bonds is 5. The third-order valence-electron chi connectivity index (χ3n) is 4.15. The fourth-order valence-corrected chi connectivity index (χ4v) is 2.83. The van der Waals surface area contributed by atoms with Gasteiger partial charge in [-0.15, -0.1) is 24.8 Å². The Hall–Kier alpha value is -1.89.